The number of nitriles is 1. The molecule has 1 heterocycles. The van der Waals surface area contributed by atoms with E-state index in [0.717, 1.165) is 0 Å². The van der Waals surface area contributed by atoms with Crippen molar-refractivity contribution in [1.29, 1.82) is 5.26 Å². The number of hydrogen-bond donors (Lipinski definition) is 3. The molecular formula is C8H7N5O3. The van der Waals surface area contributed by atoms with Crippen LogP contribution in [0.3, 0.4) is 0 Å². The number of nitrogens with one attached hydrogen (secondary N) is 2. The van der Waals surface area contributed by atoms with E-state index < -0.39 is 18.5 Å². The van der Waals surface area contributed by atoms with Crippen LogP contribution in [0.4, 0.5) is 10.7 Å². The SMILES string of the molecule is N#Cc1cnc(NC(=O)NCC(=O)O)nc1. The van der Waals surface area contributed by atoms with Crippen molar-refractivity contribution in [2.75, 3.05) is 11.9 Å². The van der Waals surface area contributed by atoms with Gasteiger partial charge in [0.2, 0.25) is 5.95 Å². The van der Waals surface area contributed by atoms with E-state index >= 15 is 0 Å². The first-order valence-electron chi connectivity index (χ1n) is 4.10. The molecule has 82 valence electrons. The highest BCUT2D eigenvalue weighted by Crippen LogP contribution is 1.97. The van der Waals surface area contributed by atoms with Gasteiger partial charge in [-0.15, -0.1) is 0 Å². The Hall–Kier alpha value is -2.69. The molecule has 0 saturated carbocycles. The standard InChI is InChI=1S/C8H7N5O3/c9-1-5-2-10-7(11-3-5)13-8(16)12-4-6(14)15/h2-3H,4H2,(H,14,15)(H2,10,11,12,13,16). The maximum absolute atomic E-state index is 11.0. The van der Waals surface area contributed by atoms with Crippen LogP contribution in [0.25, 0.3) is 0 Å². The fourth-order valence-electron chi connectivity index (χ4n) is 0.752. The van der Waals surface area contributed by atoms with E-state index in [0.29, 0.717) is 0 Å². The van der Waals surface area contributed by atoms with Crippen LogP contribution in [0.5, 0.6) is 0 Å². The molecule has 0 aromatic carbocycles. The van der Waals surface area contributed by atoms with Gasteiger partial charge in [-0.05, 0) is 0 Å². The molecule has 0 aliphatic carbocycles. The van der Waals surface area contributed by atoms with Crippen LogP contribution < -0.4 is 10.6 Å². The normalized spacial score (nSPS) is 8.94. The molecule has 8 nitrogen and oxygen atoms in total. The summed E-state index contributed by atoms with van der Waals surface area (Å²) in [5.41, 5.74) is 0.261. The van der Waals surface area contributed by atoms with Crippen molar-refractivity contribution in [3.8, 4) is 6.07 Å². The Morgan fingerprint density at radius 3 is 2.56 bits per heavy atom. The quantitative estimate of drug-likeness (QED) is 0.634. The number of aliphatic carboxylic acids is 1. The molecule has 0 bridgehead atoms. The topological polar surface area (TPSA) is 128 Å². The van der Waals surface area contributed by atoms with E-state index in [9.17, 15) is 9.59 Å². The van der Waals surface area contributed by atoms with Gasteiger partial charge in [-0.25, -0.2) is 14.8 Å². The van der Waals surface area contributed by atoms with E-state index in [1.807, 2.05) is 6.07 Å². The second kappa shape index (κ2) is 5.26. The third-order valence-electron chi connectivity index (χ3n) is 1.41. The zero-order chi connectivity index (χ0) is 12.0. The van der Waals surface area contributed by atoms with Gasteiger partial charge in [0, 0.05) is 0 Å². The summed E-state index contributed by atoms with van der Waals surface area (Å²) in [5.74, 6) is -1.17. The van der Waals surface area contributed by atoms with Gasteiger partial charge in [0.1, 0.15) is 12.6 Å². The zero-order valence-electron chi connectivity index (χ0n) is 7.97. The summed E-state index contributed by atoms with van der Waals surface area (Å²) in [6.07, 6.45) is 2.47. The minimum atomic E-state index is -1.16. The molecule has 1 rings (SSSR count). The van der Waals surface area contributed by atoms with Crippen LogP contribution >= 0.6 is 0 Å². The van der Waals surface area contributed by atoms with Crippen LogP contribution in [0.15, 0.2) is 12.4 Å². The summed E-state index contributed by atoms with van der Waals surface area (Å²) in [6, 6.07) is 1.09. The third kappa shape index (κ3) is 3.59. The molecule has 8 heteroatoms. The number of anilines is 1. The Balaban J connectivity index is 2.50. The summed E-state index contributed by atoms with van der Waals surface area (Å²) in [5, 5.41) is 21.0. The van der Waals surface area contributed by atoms with Gasteiger partial charge in [-0.2, -0.15) is 5.26 Å². The molecule has 1 aromatic heterocycles. The molecule has 0 atom stereocenters. The van der Waals surface area contributed by atoms with E-state index in [2.05, 4.69) is 20.6 Å². The molecule has 16 heavy (non-hydrogen) atoms. The number of carboxylic acids is 1. The number of hydrogen-bond acceptors (Lipinski definition) is 5. The van der Waals surface area contributed by atoms with Gasteiger partial charge in [0.15, 0.2) is 0 Å². The Bertz CT molecular complexity index is 436. The van der Waals surface area contributed by atoms with Gasteiger partial charge in [0.05, 0.1) is 18.0 Å². The maximum Gasteiger partial charge on any atom is 0.323 e. The lowest BCUT2D eigenvalue weighted by Crippen LogP contribution is -2.33. The average Bonchev–Trinajstić information content (AvgIpc) is 2.27. The van der Waals surface area contributed by atoms with Gasteiger partial charge in [-0.3, -0.25) is 10.1 Å². The van der Waals surface area contributed by atoms with Crippen molar-refractivity contribution in [2.45, 2.75) is 0 Å². The van der Waals surface area contributed by atoms with Crippen molar-refractivity contribution in [3.63, 3.8) is 0 Å². The molecule has 0 aliphatic rings. The monoisotopic (exact) mass is 221 g/mol. The number of aromatic nitrogens is 2. The predicted octanol–water partition coefficient (Wildman–Crippen LogP) is -0.446. The van der Waals surface area contributed by atoms with Crippen LogP contribution in [0.1, 0.15) is 5.56 Å². The minimum Gasteiger partial charge on any atom is -0.480 e. The molecule has 0 fully saturated rings. The van der Waals surface area contributed by atoms with Crippen LogP contribution in [0, 0.1) is 11.3 Å². The summed E-state index contributed by atoms with van der Waals surface area (Å²) >= 11 is 0. The van der Waals surface area contributed by atoms with Gasteiger partial charge < -0.3 is 10.4 Å². The molecule has 0 aliphatic heterocycles. The first-order valence-corrected chi connectivity index (χ1v) is 4.10. The Kier molecular flexibility index (Phi) is 3.74. The molecule has 0 saturated heterocycles. The Morgan fingerprint density at radius 1 is 1.44 bits per heavy atom. The number of nitrogens with zero attached hydrogens (tertiary/aromatic N) is 3. The average molecular weight is 221 g/mol. The van der Waals surface area contributed by atoms with E-state index in [1.165, 1.54) is 12.4 Å². The van der Waals surface area contributed by atoms with Crippen molar-refractivity contribution in [2.24, 2.45) is 0 Å². The second-order valence-corrected chi connectivity index (χ2v) is 2.61. The highest BCUT2D eigenvalue weighted by molar-refractivity contribution is 5.89. The lowest BCUT2D eigenvalue weighted by Gasteiger charge is -2.03. The number of amides is 2. The van der Waals surface area contributed by atoms with Crippen LogP contribution in [0.2, 0.25) is 0 Å². The van der Waals surface area contributed by atoms with E-state index in [-0.39, 0.29) is 11.5 Å². The molecule has 0 spiro atoms. The highest BCUT2D eigenvalue weighted by atomic mass is 16.4. The van der Waals surface area contributed by atoms with Gasteiger partial charge in [-0.1, -0.05) is 0 Å². The van der Waals surface area contributed by atoms with Crippen molar-refractivity contribution >= 4 is 17.9 Å². The van der Waals surface area contributed by atoms with E-state index in [1.54, 1.807) is 0 Å². The lowest BCUT2D eigenvalue weighted by molar-refractivity contribution is -0.135. The third-order valence-corrected chi connectivity index (χ3v) is 1.41. The minimum absolute atomic E-state index is 0.0121. The Morgan fingerprint density at radius 2 is 2.06 bits per heavy atom. The molecule has 1 aromatic rings. The van der Waals surface area contributed by atoms with Crippen LogP contribution in [-0.2, 0) is 4.79 Å². The van der Waals surface area contributed by atoms with Gasteiger partial charge >= 0.3 is 12.0 Å². The number of rotatable bonds is 3. The molecule has 3 N–H and O–H groups in total. The van der Waals surface area contributed by atoms with Crippen molar-refractivity contribution < 1.29 is 14.7 Å². The number of carboxylic acid groups (broad SMARTS) is 1. The molecule has 0 unspecified atom stereocenters. The van der Waals surface area contributed by atoms with Gasteiger partial charge in [0.25, 0.3) is 0 Å². The fourth-order valence-corrected chi connectivity index (χ4v) is 0.752. The predicted molar refractivity (Wildman–Crippen MR) is 51.4 cm³/mol. The summed E-state index contributed by atoms with van der Waals surface area (Å²) in [7, 11) is 0. The maximum atomic E-state index is 11.0. The lowest BCUT2D eigenvalue weighted by atomic mass is 10.4. The largest absolute Gasteiger partial charge is 0.480 e. The van der Waals surface area contributed by atoms with Crippen molar-refractivity contribution in [3.05, 3.63) is 18.0 Å². The number of carbonyl (C=O) groups is 2. The summed E-state index contributed by atoms with van der Waals surface area (Å²) in [6.45, 7) is -0.498. The first-order chi connectivity index (χ1) is 7.61. The van der Waals surface area contributed by atoms with Crippen LogP contribution in [-0.4, -0.2) is 33.6 Å². The van der Waals surface area contributed by atoms with E-state index in [4.69, 9.17) is 10.4 Å². The summed E-state index contributed by atoms with van der Waals surface area (Å²) < 4.78 is 0. The Labute approximate surface area is 89.9 Å². The second-order valence-electron chi connectivity index (χ2n) is 2.61. The number of urea groups is 1. The zero-order valence-corrected chi connectivity index (χ0v) is 7.97. The summed E-state index contributed by atoms with van der Waals surface area (Å²) in [4.78, 5) is 28.5. The fraction of sp³-hybridized carbons (Fsp3) is 0.125. The molecule has 0 radical (unpaired) electrons. The first kappa shape index (κ1) is 11.4. The number of carbonyl (C=O) groups excluding carboxylic acids is 1. The van der Waals surface area contributed by atoms with Crippen molar-refractivity contribution in [1.82, 2.24) is 15.3 Å². The smallest absolute Gasteiger partial charge is 0.323 e. The molecule has 2 amide bonds. The highest BCUT2D eigenvalue weighted by Gasteiger charge is 2.05. The molecular weight excluding hydrogens is 214 g/mol.